The molecule has 1 nitrogen and oxygen atoms in total. The first kappa shape index (κ1) is 15.4. The molecular formula is C26H28N+. The Kier molecular flexibility index (Phi) is 3.70. The van der Waals surface area contributed by atoms with Crippen molar-refractivity contribution in [2.75, 3.05) is 0 Å². The van der Waals surface area contributed by atoms with Crippen LogP contribution >= 0.6 is 0 Å². The van der Waals surface area contributed by atoms with E-state index in [0.717, 1.165) is 27.4 Å². The van der Waals surface area contributed by atoms with E-state index in [9.17, 15) is 0 Å². The number of pyridine rings is 1. The van der Waals surface area contributed by atoms with Crippen molar-refractivity contribution < 1.29 is 7.31 Å². The highest BCUT2D eigenvalue weighted by Crippen LogP contribution is 2.35. The zero-order valence-electron chi connectivity index (χ0n) is 19.1. The summed E-state index contributed by atoms with van der Waals surface area (Å²) in [5.41, 5.74) is 7.12. The lowest BCUT2D eigenvalue weighted by Crippen LogP contribution is -2.30. The molecule has 4 aromatic rings. The number of fused-ring (bicyclic) bond motifs is 3. The molecule has 1 aromatic heterocycles. The van der Waals surface area contributed by atoms with Crippen LogP contribution in [0, 0.1) is 20.8 Å². The molecule has 0 fully saturated rings. The molecule has 1 heterocycles. The van der Waals surface area contributed by atoms with E-state index in [1.807, 2.05) is 11.6 Å². The lowest BCUT2D eigenvalue weighted by Gasteiger charge is -2.14. The van der Waals surface area contributed by atoms with E-state index < -0.39 is 0 Å². The Hall–Kier alpha value is -2.67. The van der Waals surface area contributed by atoms with Gasteiger partial charge in [-0.15, -0.1) is 0 Å². The van der Waals surface area contributed by atoms with Gasteiger partial charge in [0.1, 0.15) is 8.42 Å². The van der Waals surface area contributed by atoms with Crippen LogP contribution in [0.4, 0.5) is 0 Å². The van der Waals surface area contributed by atoms with Crippen molar-refractivity contribution in [3.05, 3.63) is 76.9 Å². The first-order valence-corrected chi connectivity index (χ1v) is 9.65. The molecule has 0 aliphatic heterocycles. The summed E-state index contributed by atoms with van der Waals surface area (Å²) in [4.78, 5) is 0. The summed E-state index contributed by atoms with van der Waals surface area (Å²) in [6, 6.07) is 15.4. The van der Waals surface area contributed by atoms with Gasteiger partial charge in [-0.25, -0.2) is 4.57 Å². The molecule has 1 heteroatoms. The van der Waals surface area contributed by atoms with Gasteiger partial charge in [0.15, 0.2) is 6.17 Å². The van der Waals surface area contributed by atoms with Gasteiger partial charge in [-0.1, -0.05) is 49.7 Å². The van der Waals surface area contributed by atoms with Crippen LogP contribution in [-0.4, -0.2) is 0 Å². The molecule has 0 bridgehead atoms. The third-order valence-corrected chi connectivity index (χ3v) is 5.72. The Bertz CT molecular complexity index is 1290. The standard InChI is InChI=1S/C26H28N/c1-16(2)20-8-7-9-21-22(20)10-11-24-23(21)12-13-27(6)26(24)25-15-17(3)14-18(4)19(25)5/h7-16H,1-6H3/q+1/i12D,13D. The molecule has 0 aliphatic rings. The number of aromatic nitrogens is 1. The fraction of sp³-hybridized carbons (Fsp3) is 0.269. The van der Waals surface area contributed by atoms with E-state index in [4.69, 9.17) is 2.74 Å². The van der Waals surface area contributed by atoms with Crippen LogP contribution in [-0.2, 0) is 7.05 Å². The van der Waals surface area contributed by atoms with E-state index >= 15 is 0 Å². The zero-order valence-corrected chi connectivity index (χ0v) is 17.1. The topological polar surface area (TPSA) is 3.88 Å². The maximum atomic E-state index is 8.78. The second-order valence-corrected chi connectivity index (χ2v) is 7.98. The van der Waals surface area contributed by atoms with Gasteiger partial charge in [-0.2, -0.15) is 0 Å². The van der Waals surface area contributed by atoms with Crippen LogP contribution in [0.2, 0.25) is 0 Å². The van der Waals surface area contributed by atoms with Crippen molar-refractivity contribution in [2.24, 2.45) is 7.05 Å². The van der Waals surface area contributed by atoms with Crippen molar-refractivity contribution in [1.82, 2.24) is 0 Å². The van der Waals surface area contributed by atoms with Crippen LogP contribution in [0.1, 0.15) is 44.8 Å². The Labute approximate surface area is 165 Å². The van der Waals surface area contributed by atoms with E-state index in [1.54, 1.807) is 0 Å². The average molecular weight is 357 g/mol. The van der Waals surface area contributed by atoms with Crippen LogP contribution in [0.25, 0.3) is 32.8 Å². The highest BCUT2D eigenvalue weighted by molar-refractivity contribution is 6.11. The molecule has 0 radical (unpaired) electrons. The third-order valence-electron chi connectivity index (χ3n) is 5.72. The Morgan fingerprint density at radius 2 is 1.63 bits per heavy atom. The molecule has 136 valence electrons. The first-order valence-electron chi connectivity index (χ1n) is 10.6. The minimum Gasteiger partial charge on any atom is -0.200 e. The second-order valence-electron chi connectivity index (χ2n) is 7.98. The summed E-state index contributed by atoms with van der Waals surface area (Å²) in [5.74, 6) is 0.404. The lowest BCUT2D eigenvalue weighted by molar-refractivity contribution is -0.659. The quantitative estimate of drug-likeness (QED) is 0.284. The monoisotopic (exact) mass is 356 g/mol. The molecule has 0 atom stereocenters. The Morgan fingerprint density at radius 1 is 0.889 bits per heavy atom. The van der Waals surface area contributed by atoms with Gasteiger partial charge in [0.05, 0.1) is 12.3 Å². The largest absolute Gasteiger partial charge is 0.220 e. The van der Waals surface area contributed by atoms with Crippen molar-refractivity contribution in [2.45, 2.75) is 40.5 Å². The maximum absolute atomic E-state index is 8.78. The molecule has 4 rings (SSSR count). The number of benzene rings is 3. The lowest BCUT2D eigenvalue weighted by atomic mass is 9.90. The molecule has 3 aromatic carbocycles. The molecule has 0 saturated carbocycles. The van der Waals surface area contributed by atoms with Gasteiger partial charge < -0.3 is 0 Å². The molecular weight excluding hydrogens is 326 g/mol. The SMILES string of the molecule is [2H]c1c([2H])[n+](C)c(-c2cc(C)cc(C)c2C)c2ccc3c(C(C)C)cccc3c12. The van der Waals surface area contributed by atoms with E-state index in [2.05, 4.69) is 77.1 Å². The average Bonchev–Trinajstić information content (AvgIpc) is 2.68. The van der Waals surface area contributed by atoms with Gasteiger partial charge in [0.2, 0.25) is 5.69 Å². The summed E-state index contributed by atoms with van der Waals surface area (Å²) in [5, 5.41) is 4.16. The van der Waals surface area contributed by atoms with E-state index in [0.29, 0.717) is 12.0 Å². The predicted molar refractivity (Wildman–Crippen MR) is 116 cm³/mol. The summed E-state index contributed by atoms with van der Waals surface area (Å²) < 4.78 is 19.3. The maximum Gasteiger partial charge on any atom is 0.220 e. The van der Waals surface area contributed by atoms with Crippen LogP contribution in [0.5, 0.6) is 0 Å². The number of rotatable bonds is 2. The molecule has 0 unspecified atom stereocenters. The summed E-state index contributed by atoms with van der Waals surface area (Å²) in [7, 11) is 1.90. The summed E-state index contributed by atoms with van der Waals surface area (Å²) >= 11 is 0. The van der Waals surface area contributed by atoms with Gasteiger partial charge in [0, 0.05) is 11.4 Å². The molecule has 0 N–H and O–H groups in total. The first-order chi connectivity index (χ1) is 13.7. The third kappa shape index (κ3) is 2.82. The fourth-order valence-corrected chi connectivity index (χ4v) is 4.21. The molecule has 0 aliphatic carbocycles. The number of aryl methyl sites for hydroxylation is 2. The number of hydrogen-bond donors (Lipinski definition) is 0. The molecule has 0 saturated heterocycles. The zero-order chi connectivity index (χ0) is 21.0. The smallest absolute Gasteiger partial charge is 0.200 e. The second kappa shape index (κ2) is 6.49. The summed E-state index contributed by atoms with van der Waals surface area (Å²) in [6.07, 6.45) is 0.244. The van der Waals surface area contributed by atoms with E-state index in [1.165, 1.54) is 27.6 Å². The van der Waals surface area contributed by atoms with Crippen LogP contribution < -0.4 is 4.57 Å². The van der Waals surface area contributed by atoms with Crippen molar-refractivity contribution in [3.63, 3.8) is 0 Å². The van der Waals surface area contributed by atoms with Crippen molar-refractivity contribution in [1.29, 1.82) is 0 Å². The predicted octanol–water partition coefficient (Wildman–Crippen LogP) is 6.53. The van der Waals surface area contributed by atoms with Crippen molar-refractivity contribution in [3.8, 4) is 11.3 Å². The Morgan fingerprint density at radius 3 is 2.37 bits per heavy atom. The minimum atomic E-state index is 0.244. The van der Waals surface area contributed by atoms with Gasteiger partial charge >= 0.3 is 0 Å². The Balaban J connectivity index is 2.24. The molecule has 0 amide bonds. The van der Waals surface area contributed by atoms with Crippen LogP contribution in [0.15, 0.2) is 54.7 Å². The minimum absolute atomic E-state index is 0.244. The fourth-order valence-electron chi connectivity index (χ4n) is 4.21. The molecule has 0 spiro atoms. The normalized spacial score (nSPS) is 12.7. The summed E-state index contributed by atoms with van der Waals surface area (Å²) in [6.45, 7) is 10.8. The van der Waals surface area contributed by atoms with Gasteiger partial charge in [-0.05, 0) is 66.3 Å². The van der Waals surface area contributed by atoms with Gasteiger partial charge in [0.25, 0.3) is 0 Å². The number of nitrogens with zero attached hydrogens (tertiary/aromatic N) is 1. The highest BCUT2D eigenvalue weighted by Gasteiger charge is 2.20. The highest BCUT2D eigenvalue weighted by atomic mass is 14.9. The number of hydrogen-bond acceptors (Lipinski definition) is 0. The van der Waals surface area contributed by atoms with E-state index in [-0.39, 0.29) is 6.17 Å². The van der Waals surface area contributed by atoms with Crippen molar-refractivity contribution >= 4 is 21.5 Å². The van der Waals surface area contributed by atoms with Gasteiger partial charge in [-0.3, -0.25) is 0 Å². The van der Waals surface area contributed by atoms with Crippen LogP contribution in [0.3, 0.4) is 0 Å². The molecule has 27 heavy (non-hydrogen) atoms.